The second-order valence-corrected chi connectivity index (χ2v) is 7.44. The second kappa shape index (κ2) is 9.38. The van der Waals surface area contributed by atoms with Gasteiger partial charge in [-0.25, -0.2) is 22.6 Å². The molecule has 176 valence electrons. The van der Waals surface area contributed by atoms with Gasteiger partial charge in [-0.3, -0.25) is 4.79 Å². The van der Waals surface area contributed by atoms with Crippen LogP contribution in [0.3, 0.4) is 0 Å². The molecule has 34 heavy (non-hydrogen) atoms. The Bertz CT molecular complexity index is 1270. The standard InChI is InChI=1S/C23H20F3N5O3/c1-3-34-22(33)20-13(2)30(11-19(32)29-18-10-16(25)8-9-17(18)26)23-27-12-28-31(23)21(20)14-4-6-15(24)7-5-14/h4-10,12,21H,3,11H2,1-2H3,(H,29,32)/t21-/m0/s1. The monoisotopic (exact) mass is 471 g/mol. The number of ether oxygens (including phenoxy) is 1. The van der Waals surface area contributed by atoms with Crippen LogP contribution in [0.1, 0.15) is 25.5 Å². The number of nitrogens with one attached hydrogen (secondary N) is 1. The zero-order chi connectivity index (χ0) is 24.4. The Labute approximate surface area is 192 Å². The van der Waals surface area contributed by atoms with E-state index in [9.17, 15) is 22.8 Å². The largest absolute Gasteiger partial charge is 0.463 e. The normalized spacial score (nSPS) is 15.2. The van der Waals surface area contributed by atoms with E-state index in [-0.39, 0.29) is 30.4 Å². The topological polar surface area (TPSA) is 89.3 Å². The molecule has 0 aliphatic carbocycles. The first-order valence-corrected chi connectivity index (χ1v) is 10.4. The molecule has 1 N–H and O–H groups in total. The van der Waals surface area contributed by atoms with E-state index >= 15 is 0 Å². The molecular formula is C23H20F3N5O3. The first-order valence-electron chi connectivity index (χ1n) is 10.4. The highest BCUT2D eigenvalue weighted by Crippen LogP contribution is 2.38. The van der Waals surface area contributed by atoms with Gasteiger partial charge in [0.25, 0.3) is 0 Å². The van der Waals surface area contributed by atoms with Crippen molar-refractivity contribution in [2.24, 2.45) is 0 Å². The van der Waals surface area contributed by atoms with E-state index < -0.39 is 35.4 Å². The number of carbonyl (C=O) groups excluding carboxylic acids is 2. The van der Waals surface area contributed by atoms with Crippen LogP contribution < -0.4 is 10.2 Å². The number of allylic oxidation sites excluding steroid dienone is 1. The average Bonchev–Trinajstić information content (AvgIpc) is 3.28. The lowest BCUT2D eigenvalue weighted by Crippen LogP contribution is -2.41. The fraction of sp³-hybridized carbons (Fsp3) is 0.217. The number of amides is 1. The van der Waals surface area contributed by atoms with Crippen molar-refractivity contribution in [1.29, 1.82) is 0 Å². The van der Waals surface area contributed by atoms with Gasteiger partial charge in [0.05, 0.1) is 17.9 Å². The first-order chi connectivity index (χ1) is 16.3. The Kier molecular flexibility index (Phi) is 6.35. The highest BCUT2D eigenvalue weighted by atomic mass is 19.1. The van der Waals surface area contributed by atoms with Gasteiger partial charge in [0.2, 0.25) is 11.9 Å². The SMILES string of the molecule is CCOC(=O)C1=C(C)N(CC(=O)Nc2cc(F)ccc2F)c2ncnn2[C@H]1c1ccc(F)cc1. The predicted molar refractivity (Wildman–Crippen MR) is 116 cm³/mol. The lowest BCUT2D eigenvalue weighted by Gasteiger charge is -2.35. The van der Waals surface area contributed by atoms with Gasteiger partial charge in [-0.1, -0.05) is 12.1 Å². The summed E-state index contributed by atoms with van der Waals surface area (Å²) in [7, 11) is 0. The van der Waals surface area contributed by atoms with Crippen molar-refractivity contribution in [2.75, 3.05) is 23.4 Å². The van der Waals surface area contributed by atoms with E-state index in [2.05, 4.69) is 15.4 Å². The Hall–Kier alpha value is -4.15. The molecule has 1 atom stereocenters. The summed E-state index contributed by atoms with van der Waals surface area (Å²) >= 11 is 0. The maximum absolute atomic E-state index is 14.0. The number of aromatic nitrogens is 3. The van der Waals surface area contributed by atoms with E-state index in [1.165, 1.54) is 40.2 Å². The molecule has 0 saturated heterocycles. The molecule has 0 spiro atoms. The Morgan fingerprint density at radius 2 is 1.79 bits per heavy atom. The number of carbonyl (C=O) groups is 2. The van der Waals surface area contributed by atoms with Crippen LogP contribution in [-0.2, 0) is 14.3 Å². The van der Waals surface area contributed by atoms with Crippen molar-refractivity contribution in [3.05, 3.63) is 83.1 Å². The second-order valence-electron chi connectivity index (χ2n) is 7.44. The maximum Gasteiger partial charge on any atom is 0.338 e. The molecule has 2 heterocycles. The van der Waals surface area contributed by atoms with Crippen LogP contribution in [0.5, 0.6) is 0 Å². The van der Waals surface area contributed by atoms with Crippen LogP contribution in [0.15, 0.2) is 60.1 Å². The van der Waals surface area contributed by atoms with Gasteiger partial charge >= 0.3 is 5.97 Å². The molecule has 4 rings (SSSR count). The van der Waals surface area contributed by atoms with Gasteiger partial charge < -0.3 is 15.0 Å². The highest BCUT2D eigenvalue weighted by molar-refractivity contribution is 5.96. The van der Waals surface area contributed by atoms with Crippen molar-refractivity contribution in [1.82, 2.24) is 14.8 Å². The van der Waals surface area contributed by atoms with Gasteiger partial charge in [0, 0.05) is 11.8 Å². The molecule has 8 nitrogen and oxygen atoms in total. The minimum absolute atomic E-state index is 0.106. The summed E-state index contributed by atoms with van der Waals surface area (Å²) in [5, 5.41) is 6.55. The first kappa shape index (κ1) is 23.0. The van der Waals surface area contributed by atoms with Gasteiger partial charge in [-0.15, -0.1) is 0 Å². The lowest BCUT2D eigenvalue weighted by molar-refractivity contribution is -0.139. The number of hydrogen-bond donors (Lipinski definition) is 1. The molecule has 1 aromatic heterocycles. The van der Waals surface area contributed by atoms with Crippen LogP contribution in [0.25, 0.3) is 0 Å². The molecule has 1 aliphatic rings. The lowest BCUT2D eigenvalue weighted by atomic mass is 9.95. The van der Waals surface area contributed by atoms with Crippen LogP contribution >= 0.6 is 0 Å². The van der Waals surface area contributed by atoms with E-state index in [1.54, 1.807) is 13.8 Å². The Morgan fingerprint density at radius 1 is 1.09 bits per heavy atom. The summed E-state index contributed by atoms with van der Waals surface area (Å²) in [6, 6.07) is 7.49. The van der Waals surface area contributed by atoms with Gasteiger partial charge in [-0.2, -0.15) is 10.1 Å². The molecule has 3 aromatic rings. The molecule has 1 amide bonds. The van der Waals surface area contributed by atoms with Crippen LogP contribution in [0.4, 0.5) is 24.8 Å². The zero-order valence-electron chi connectivity index (χ0n) is 18.3. The Morgan fingerprint density at radius 3 is 2.50 bits per heavy atom. The summed E-state index contributed by atoms with van der Waals surface area (Å²) in [4.78, 5) is 31.3. The third-order valence-corrected chi connectivity index (χ3v) is 5.29. The summed E-state index contributed by atoms with van der Waals surface area (Å²) < 4.78 is 47.7. The predicted octanol–water partition coefficient (Wildman–Crippen LogP) is 3.58. The molecular weight excluding hydrogens is 451 g/mol. The number of hydrogen-bond acceptors (Lipinski definition) is 6. The average molecular weight is 471 g/mol. The molecule has 0 bridgehead atoms. The van der Waals surface area contributed by atoms with Crippen LogP contribution in [0.2, 0.25) is 0 Å². The van der Waals surface area contributed by atoms with E-state index in [0.29, 0.717) is 11.3 Å². The molecule has 0 radical (unpaired) electrons. The van der Waals surface area contributed by atoms with E-state index in [4.69, 9.17) is 4.74 Å². The number of benzene rings is 2. The highest BCUT2D eigenvalue weighted by Gasteiger charge is 2.38. The number of halogens is 3. The van der Waals surface area contributed by atoms with Crippen molar-refractivity contribution in [2.45, 2.75) is 19.9 Å². The van der Waals surface area contributed by atoms with Gasteiger partial charge in [0.15, 0.2) is 0 Å². The van der Waals surface area contributed by atoms with Crippen LogP contribution in [0, 0.1) is 17.5 Å². The fourth-order valence-electron chi connectivity index (χ4n) is 3.77. The number of anilines is 2. The summed E-state index contributed by atoms with van der Waals surface area (Å²) in [5.74, 6) is -3.04. The van der Waals surface area contributed by atoms with Crippen molar-refractivity contribution in [3.63, 3.8) is 0 Å². The third-order valence-electron chi connectivity index (χ3n) is 5.29. The fourth-order valence-corrected chi connectivity index (χ4v) is 3.77. The van der Waals surface area contributed by atoms with Gasteiger partial charge in [0.1, 0.15) is 36.4 Å². The molecule has 0 saturated carbocycles. The number of nitrogens with zero attached hydrogens (tertiary/aromatic N) is 4. The summed E-state index contributed by atoms with van der Waals surface area (Å²) in [6.07, 6.45) is 1.25. The van der Waals surface area contributed by atoms with Crippen molar-refractivity contribution >= 4 is 23.5 Å². The van der Waals surface area contributed by atoms with Crippen molar-refractivity contribution in [3.8, 4) is 0 Å². The van der Waals surface area contributed by atoms with E-state index in [0.717, 1.165) is 18.2 Å². The summed E-state index contributed by atoms with van der Waals surface area (Å²) in [6.45, 7) is 3.00. The number of rotatable bonds is 6. The molecule has 0 unspecified atom stereocenters. The molecule has 2 aromatic carbocycles. The minimum Gasteiger partial charge on any atom is -0.463 e. The third kappa shape index (κ3) is 4.36. The zero-order valence-corrected chi connectivity index (χ0v) is 18.3. The number of esters is 1. The molecule has 1 aliphatic heterocycles. The molecule has 11 heteroatoms. The maximum atomic E-state index is 14.0. The van der Waals surface area contributed by atoms with Crippen molar-refractivity contribution < 1.29 is 27.5 Å². The minimum atomic E-state index is -0.799. The summed E-state index contributed by atoms with van der Waals surface area (Å²) in [5.41, 5.74) is 0.765. The van der Waals surface area contributed by atoms with Gasteiger partial charge in [-0.05, 0) is 43.7 Å². The van der Waals surface area contributed by atoms with Crippen LogP contribution in [-0.4, -0.2) is 39.8 Å². The van der Waals surface area contributed by atoms with E-state index in [1.807, 2.05) is 0 Å². The quantitative estimate of drug-likeness (QED) is 0.553. The number of fused-ring (bicyclic) bond motifs is 1. The molecule has 0 fully saturated rings. The Balaban J connectivity index is 1.73. The smallest absolute Gasteiger partial charge is 0.338 e.